The van der Waals surface area contributed by atoms with E-state index in [2.05, 4.69) is 23.8 Å². The van der Waals surface area contributed by atoms with Crippen LogP contribution in [0.25, 0.3) is 11.2 Å². The second-order valence-corrected chi connectivity index (χ2v) is 10.6. The van der Waals surface area contributed by atoms with Crippen LogP contribution in [0.2, 0.25) is 0 Å². The number of phosphoric acid groups is 1. The highest BCUT2D eigenvalue weighted by Crippen LogP contribution is 2.55. The first-order valence-electron chi connectivity index (χ1n) is 7.93. The fourth-order valence-corrected chi connectivity index (χ4v) is 5.89. The van der Waals surface area contributed by atoms with Gasteiger partial charge in [0.15, 0.2) is 17.7 Å². The number of rotatable bonds is 8. The summed E-state index contributed by atoms with van der Waals surface area (Å²) in [6.45, 7) is -1.05. The molecule has 1 fully saturated rings. The highest BCUT2D eigenvalue weighted by atomic mass is 31.3. The highest BCUT2D eigenvalue weighted by molar-refractivity contribution is 7.68. The number of nitrogens with one attached hydrogen (secondary N) is 1. The van der Waals surface area contributed by atoms with Gasteiger partial charge in [0.25, 0.3) is 7.82 Å². The van der Waals surface area contributed by atoms with Gasteiger partial charge in [-0.2, -0.15) is 0 Å². The Labute approximate surface area is 172 Å². The maximum atomic E-state index is 11.6. The van der Waals surface area contributed by atoms with Crippen molar-refractivity contribution in [2.24, 2.45) is 0 Å². The lowest BCUT2D eigenvalue weighted by Crippen LogP contribution is -2.34. The topological polar surface area (TPSA) is 293 Å². The van der Waals surface area contributed by atoms with Crippen molar-refractivity contribution < 1.29 is 57.1 Å². The molecule has 0 aliphatic carbocycles. The third-order valence-electron chi connectivity index (χ3n) is 3.85. The van der Waals surface area contributed by atoms with Gasteiger partial charge in [-0.3, -0.25) is 18.0 Å². The molecule has 0 amide bonds. The first-order chi connectivity index (χ1) is 14.2. The summed E-state index contributed by atoms with van der Waals surface area (Å²) in [5.41, 5.74) is 5.94. The maximum Gasteiger partial charge on any atom is 0.273 e. The van der Waals surface area contributed by atoms with Crippen LogP contribution in [0, 0.1) is 0 Å². The molecule has 1 saturated heterocycles. The Kier molecular flexibility index (Phi) is 6.68. The van der Waals surface area contributed by atoms with Gasteiger partial charge in [-0.05, 0) is 0 Å². The summed E-state index contributed by atoms with van der Waals surface area (Å²) in [6.07, 6.45) is -3.92. The number of hydrogen-bond donors (Lipinski definition) is 4. The number of phosphoric ester groups is 1. The number of ether oxygens (including phenoxy) is 1. The molecule has 0 saturated carbocycles. The van der Waals surface area contributed by atoms with Crippen LogP contribution < -0.4 is 30.2 Å². The number of imidazole rings is 1. The van der Waals surface area contributed by atoms with E-state index >= 15 is 0 Å². The van der Waals surface area contributed by atoms with E-state index in [0.29, 0.717) is 4.86 Å². The second-order valence-electron chi connectivity index (χ2n) is 6.05. The van der Waals surface area contributed by atoms with Crippen LogP contribution in [0.3, 0.4) is 0 Å². The Morgan fingerprint density at radius 2 is 1.84 bits per heavy atom. The number of aliphatic hydroxyl groups excluding tert-OH is 2. The van der Waals surface area contributed by atoms with E-state index in [1.165, 1.54) is 10.9 Å². The highest BCUT2D eigenvalue weighted by Gasteiger charge is 2.45. The van der Waals surface area contributed by atoms with Crippen molar-refractivity contribution in [1.82, 2.24) is 24.4 Å². The number of hydrogen-bond acceptors (Lipinski definition) is 16. The average Bonchev–Trinajstić information content (AvgIpc) is 3.13. The third kappa shape index (κ3) is 5.71. The second kappa shape index (κ2) is 8.53. The molecule has 1 aliphatic heterocycles. The molecule has 31 heavy (non-hydrogen) atoms. The lowest BCUT2D eigenvalue weighted by Gasteiger charge is -2.39. The molecule has 2 aromatic heterocycles. The molecule has 0 spiro atoms. The van der Waals surface area contributed by atoms with Crippen molar-refractivity contribution >= 4 is 40.3 Å². The Hall–Kier alpha value is -1.36. The predicted molar refractivity (Wildman–Crippen MR) is 88.7 cm³/mol. The SMILES string of the molecule is Nc1ncnc2c1ncn2C1OC(COP(=O)([O-])OP(=O)([O-])NP(=O)([O-])[O-])C(O)C1O. The van der Waals surface area contributed by atoms with Crippen molar-refractivity contribution in [2.75, 3.05) is 12.3 Å². The summed E-state index contributed by atoms with van der Waals surface area (Å²) in [5, 5.41) is 20.3. The molecule has 0 radical (unpaired) electrons. The summed E-state index contributed by atoms with van der Waals surface area (Å²) in [7, 11) is -17.5. The minimum Gasteiger partial charge on any atom is -0.799 e. The van der Waals surface area contributed by atoms with Gasteiger partial charge in [0.2, 0.25) is 7.75 Å². The minimum atomic E-state index is -5.89. The standard InChI is InChI=1S/C10H17N6O12P3/c11-8-5-9(13-2-12-8)16(3-14-5)10-7(18)6(17)4(27-10)1-26-31(24,25)28-30(22,23)15-29(19,20)21/h2-4,6-7,10,17-18H,1H2,(H,24,25)(H2,11,12,13)(H4,15,19,20,21,22,23)/p-4. The van der Waals surface area contributed by atoms with Gasteiger partial charge in [0, 0.05) is 7.75 Å². The molecule has 174 valence electrons. The molecule has 2 aromatic rings. The molecule has 0 bridgehead atoms. The molecule has 6 atom stereocenters. The molecule has 6 unspecified atom stereocenters. The largest absolute Gasteiger partial charge is 0.799 e. The van der Waals surface area contributed by atoms with E-state index in [4.69, 9.17) is 10.5 Å². The van der Waals surface area contributed by atoms with Crippen LogP contribution in [-0.4, -0.2) is 54.7 Å². The molecule has 5 N–H and O–H groups in total. The summed E-state index contributed by atoms with van der Waals surface area (Å²) in [4.78, 5) is 55.8. The summed E-state index contributed by atoms with van der Waals surface area (Å²) >= 11 is 0. The van der Waals surface area contributed by atoms with Crippen LogP contribution in [-0.2, 0) is 27.3 Å². The number of nitrogens with zero attached hydrogens (tertiary/aromatic N) is 4. The number of anilines is 1. The normalized spacial score (nSPS) is 28.5. The third-order valence-corrected chi connectivity index (χ3v) is 7.93. The average molecular weight is 502 g/mol. The Morgan fingerprint density at radius 3 is 2.48 bits per heavy atom. The zero-order chi connectivity index (χ0) is 23.2. The molecular weight excluding hydrogens is 489 g/mol. The van der Waals surface area contributed by atoms with E-state index in [0.717, 1.165) is 6.33 Å². The summed E-state index contributed by atoms with van der Waals surface area (Å²) in [5.74, 6) is 0.0254. The van der Waals surface area contributed by atoms with E-state index in [9.17, 15) is 43.5 Å². The van der Waals surface area contributed by atoms with Crippen LogP contribution >= 0.6 is 23.3 Å². The van der Waals surface area contributed by atoms with Gasteiger partial charge in [0.1, 0.15) is 30.2 Å². The van der Waals surface area contributed by atoms with Crippen molar-refractivity contribution in [1.29, 1.82) is 0 Å². The van der Waals surface area contributed by atoms with E-state index in [-0.39, 0.29) is 17.0 Å². The predicted octanol–water partition coefficient (Wildman–Crippen LogP) is -4.58. The maximum absolute atomic E-state index is 11.6. The van der Waals surface area contributed by atoms with Gasteiger partial charge < -0.3 is 49.3 Å². The summed E-state index contributed by atoms with van der Waals surface area (Å²) < 4.78 is 47.6. The first kappa shape index (κ1) is 24.3. The minimum absolute atomic E-state index is 0.0254. The number of nitrogens with two attached hydrogens (primary N) is 1. The number of nitrogen functional groups attached to an aromatic ring is 1. The monoisotopic (exact) mass is 502 g/mol. The van der Waals surface area contributed by atoms with Crippen LogP contribution in [0.15, 0.2) is 12.7 Å². The van der Waals surface area contributed by atoms with Crippen molar-refractivity contribution in [3.8, 4) is 0 Å². The van der Waals surface area contributed by atoms with Gasteiger partial charge in [-0.25, -0.2) is 19.8 Å². The molecule has 0 aromatic carbocycles. The fourth-order valence-electron chi connectivity index (χ4n) is 2.64. The van der Waals surface area contributed by atoms with Gasteiger partial charge in [-0.1, -0.05) is 0 Å². The number of fused-ring (bicyclic) bond motifs is 1. The number of aromatic nitrogens is 4. The van der Waals surface area contributed by atoms with Crippen molar-refractivity contribution in [3.63, 3.8) is 0 Å². The molecular formula is C10H13N6O12P3-4. The molecule has 3 heterocycles. The van der Waals surface area contributed by atoms with Crippen LogP contribution in [0.4, 0.5) is 5.82 Å². The van der Waals surface area contributed by atoms with Crippen LogP contribution in [0.1, 0.15) is 6.23 Å². The summed E-state index contributed by atoms with van der Waals surface area (Å²) in [6, 6.07) is 0. The molecule has 21 heteroatoms. The Balaban J connectivity index is 1.69. The first-order valence-corrected chi connectivity index (χ1v) is 12.5. The zero-order valence-electron chi connectivity index (χ0n) is 14.9. The van der Waals surface area contributed by atoms with Crippen molar-refractivity contribution in [2.45, 2.75) is 24.5 Å². The van der Waals surface area contributed by atoms with E-state index in [1.807, 2.05) is 0 Å². The molecule has 3 rings (SSSR count). The quantitative estimate of drug-likeness (QED) is 0.247. The zero-order valence-corrected chi connectivity index (χ0v) is 17.5. The van der Waals surface area contributed by atoms with Crippen LogP contribution in [0.5, 0.6) is 0 Å². The lowest BCUT2D eigenvalue weighted by atomic mass is 10.1. The molecule has 1 aliphatic rings. The smallest absolute Gasteiger partial charge is 0.273 e. The van der Waals surface area contributed by atoms with Gasteiger partial charge >= 0.3 is 0 Å². The van der Waals surface area contributed by atoms with E-state index in [1.54, 1.807) is 0 Å². The van der Waals surface area contributed by atoms with Gasteiger partial charge in [-0.15, -0.1) is 0 Å². The lowest BCUT2D eigenvalue weighted by molar-refractivity contribution is -0.317. The Morgan fingerprint density at radius 1 is 1.16 bits per heavy atom. The number of aliphatic hydroxyl groups is 2. The Bertz CT molecular complexity index is 1110. The van der Waals surface area contributed by atoms with E-state index < -0.39 is 54.5 Å². The fraction of sp³-hybridized carbons (Fsp3) is 0.500. The molecule has 18 nitrogen and oxygen atoms in total. The van der Waals surface area contributed by atoms with Gasteiger partial charge in [0.05, 0.1) is 12.9 Å². The van der Waals surface area contributed by atoms with Crippen molar-refractivity contribution in [3.05, 3.63) is 12.7 Å².